The lowest BCUT2D eigenvalue weighted by molar-refractivity contribution is 0.0245. The second kappa shape index (κ2) is 4.97. The van der Waals surface area contributed by atoms with Gasteiger partial charge in [0, 0.05) is 24.7 Å². The molecule has 1 fully saturated rings. The third kappa shape index (κ3) is 1.90. The second-order valence-corrected chi connectivity index (χ2v) is 5.45. The van der Waals surface area contributed by atoms with Crippen molar-refractivity contribution in [3.8, 4) is 11.8 Å². The minimum Gasteiger partial charge on any atom is -0.484 e. The summed E-state index contributed by atoms with van der Waals surface area (Å²) in [6.07, 6.45) is 3.52. The molecular weight excluding hydrogens is 278 g/mol. The molecule has 3 aromatic rings. The molecule has 0 aromatic carbocycles. The van der Waals surface area contributed by atoms with Gasteiger partial charge < -0.3 is 9.72 Å². The third-order valence-electron chi connectivity index (χ3n) is 4.13. The van der Waals surface area contributed by atoms with E-state index in [-0.39, 0.29) is 6.10 Å². The molecular formula is C16H15N5O. The number of hydrogen-bond donors (Lipinski definition) is 1. The summed E-state index contributed by atoms with van der Waals surface area (Å²) in [6, 6.07) is 6.00. The maximum Gasteiger partial charge on any atom is 0.183 e. The van der Waals surface area contributed by atoms with Crippen LogP contribution in [0.5, 0.6) is 5.75 Å². The lowest BCUT2D eigenvalue weighted by atomic mass is 10.1. The first-order valence-electron chi connectivity index (χ1n) is 7.34. The van der Waals surface area contributed by atoms with Gasteiger partial charge in [0.2, 0.25) is 0 Å². The summed E-state index contributed by atoms with van der Waals surface area (Å²) >= 11 is 0. The number of H-pyrrole nitrogens is 1. The predicted octanol–water partition coefficient (Wildman–Crippen LogP) is 2.07. The number of likely N-dealkylation sites (tertiary alicyclic amines) is 1. The smallest absolute Gasteiger partial charge is 0.183 e. The third-order valence-corrected chi connectivity index (χ3v) is 4.13. The average Bonchev–Trinajstić information content (AvgIpc) is 2.89. The number of hydrogen-bond acceptors (Lipinski definition) is 5. The lowest BCUT2D eigenvalue weighted by Crippen LogP contribution is -2.53. The van der Waals surface area contributed by atoms with Gasteiger partial charge >= 0.3 is 0 Å². The molecule has 0 saturated carbocycles. The van der Waals surface area contributed by atoms with E-state index in [9.17, 15) is 5.26 Å². The van der Waals surface area contributed by atoms with E-state index in [1.54, 1.807) is 12.4 Å². The first kappa shape index (κ1) is 13.0. The molecule has 4 heterocycles. The van der Waals surface area contributed by atoms with Crippen LogP contribution in [-0.4, -0.2) is 45.6 Å². The molecule has 6 nitrogen and oxygen atoms in total. The van der Waals surface area contributed by atoms with Crippen molar-refractivity contribution in [2.75, 3.05) is 19.6 Å². The highest BCUT2D eigenvalue weighted by atomic mass is 16.5. The highest BCUT2D eigenvalue weighted by Gasteiger charge is 2.29. The highest BCUT2D eigenvalue weighted by molar-refractivity contribution is 6.09. The number of rotatable bonds is 3. The molecule has 1 saturated heterocycles. The maximum atomic E-state index is 9.36. The van der Waals surface area contributed by atoms with Crippen molar-refractivity contribution >= 4 is 21.9 Å². The molecule has 1 aliphatic rings. The number of likely N-dealkylation sites (N-methyl/N-ethyl adjacent to an activating group) is 1. The van der Waals surface area contributed by atoms with E-state index in [1.807, 2.05) is 12.1 Å². The van der Waals surface area contributed by atoms with Crippen LogP contribution in [0.3, 0.4) is 0 Å². The molecule has 1 aliphatic heterocycles. The average molecular weight is 293 g/mol. The zero-order valence-electron chi connectivity index (χ0n) is 12.2. The SMILES string of the molecule is CCN1CC(Oc2c(C#N)ncc3[nH]c4ncccc4c23)C1. The predicted molar refractivity (Wildman–Crippen MR) is 82.6 cm³/mol. The van der Waals surface area contributed by atoms with Crippen molar-refractivity contribution < 1.29 is 4.74 Å². The van der Waals surface area contributed by atoms with Crippen LogP contribution >= 0.6 is 0 Å². The summed E-state index contributed by atoms with van der Waals surface area (Å²) in [5.41, 5.74) is 1.95. The van der Waals surface area contributed by atoms with Gasteiger partial charge in [-0.2, -0.15) is 5.26 Å². The minimum atomic E-state index is 0.112. The van der Waals surface area contributed by atoms with Crippen LogP contribution in [0.25, 0.3) is 21.9 Å². The van der Waals surface area contributed by atoms with Gasteiger partial charge in [-0.15, -0.1) is 0 Å². The Morgan fingerprint density at radius 2 is 2.32 bits per heavy atom. The summed E-state index contributed by atoms with van der Waals surface area (Å²) in [5.74, 6) is 0.569. The Kier molecular flexibility index (Phi) is 2.94. The molecule has 6 heteroatoms. The quantitative estimate of drug-likeness (QED) is 0.799. The fourth-order valence-corrected chi connectivity index (χ4v) is 2.91. The Balaban J connectivity index is 1.85. The van der Waals surface area contributed by atoms with Crippen LogP contribution in [0.15, 0.2) is 24.5 Å². The van der Waals surface area contributed by atoms with Gasteiger partial charge in [0.05, 0.1) is 17.1 Å². The molecule has 0 bridgehead atoms. The van der Waals surface area contributed by atoms with Gasteiger partial charge in [0.25, 0.3) is 0 Å². The minimum absolute atomic E-state index is 0.112. The molecule has 0 unspecified atom stereocenters. The van der Waals surface area contributed by atoms with E-state index in [0.717, 1.165) is 41.6 Å². The molecule has 0 radical (unpaired) electrons. The van der Waals surface area contributed by atoms with Crippen LogP contribution in [0, 0.1) is 11.3 Å². The van der Waals surface area contributed by atoms with Crippen molar-refractivity contribution in [3.63, 3.8) is 0 Å². The van der Waals surface area contributed by atoms with Crippen LogP contribution in [0.1, 0.15) is 12.6 Å². The monoisotopic (exact) mass is 293 g/mol. The van der Waals surface area contributed by atoms with Gasteiger partial charge in [-0.05, 0) is 18.7 Å². The number of aromatic amines is 1. The zero-order chi connectivity index (χ0) is 15.1. The molecule has 0 amide bonds. The first-order valence-corrected chi connectivity index (χ1v) is 7.34. The number of nitrogens with one attached hydrogen (secondary N) is 1. The lowest BCUT2D eigenvalue weighted by Gasteiger charge is -2.38. The van der Waals surface area contributed by atoms with E-state index < -0.39 is 0 Å². The molecule has 1 N–H and O–H groups in total. The van der Waals surface area contributed by atoms with Crippen molar-refractivity contribution in [3.05, 3.63) is 30.2 Å². The molecule has 3 aromatic heterocycles. The maximum absolute atomic E-state index is 9.36. The summed E-state index contributed by atoms with van der Waals surface area (Å²) in [4.78, 5) is 14.1. The molecule has 4 rings (SSSR count). The summed E-state index contributed by atoms with van der Waals surface area (Å²) in [5, 5.41) is 11.2. The Bertz CT molecular complexity index is 889. The van der Waals surface area contributed by atoms with Crippen molar-refractivity contribution in [1.29, 1.82) is 5.26 Å². The summed E-state index contributed by atoms with van der Waals surface area (Å²) in [7, 11) is 0. The van der Waals surface area contributed by atoms with Crippen LogP contribution < -0.4 is 4.74 Å². The Labute approximate surface area is 127 Å². The fraction of sp³-hybridized carbons (Fsp3) is 0.312. The number of nitrogens with zero attached hydrogens (tertiary/aromatic N) is 4. The van der Waals surface area contributed by atoms with Gasteiger partial charge in [-0.25, -0.2) is 9.97 Å². The first-order chi connectivity index (χ1) is 10.8. The van der Waals surface area contributed by atoms with E-state index in [1.165, 1.54) is 0 Å². The summed E-state index contributed by atoms with van der Waals surface area (Å²) < 4.78 is 6.11. The molecule has 0 atom stereocenters. The second-order valence-electron chi connectivity index (χ2n) is 5.45. The van der Waals surface area contributed by atoms with Crippen LogP contribution in [0.4, 0.5) is 0 Å². The van der Waals surface area contributed by atoms with Crippen molar-refractivity contribution in [2.24, 2.45) is 0 Å². The molecule has 110 valence electrons. The number of pyridine rings is 2. The number of fused-ring (bicyclic) bond motifs is 3. The molecule has 0 aliphatic carbocycles. The van der Waals surface area contributed by atoms with E-state index in [0.29, 0.717) is 11.4 Å². The number of ether oxygens (including phenoxy) is 1. The van der Waals surface area contributed by atoms with E-state index >= 15 is 0 Å². The topological polar surface area (TPSA) is 77.8 Å². The normalized spacial score (nSPS) is 15.8. The van der Waals surface area contributed by atoms with Crippen LogP contribution in [-0.2, 0) is 0 Å². The number of aromatic nitrogens is 3. The van der Waals surface area contributed by atoms with E-state index in [4.69, 9.17) is 4.74 Å². The van der Waals surface area contributed by atoms with Gasteiger partial charge in [-0.1, -0.05) is 6.92 Å². The standard InChI is InChI=1S/C16H15N5O/c1-2-21-8-10(9-21)22-15-12(6-17)19-7-13-14(15)11-4-3-5-18-16(11)20-13/h3-5,7,10H,2,8-9H2,1H3,(H,18,20). The highest BCUT2D eigenvalue weighted by Crippen LogP contribution is 2.35. The van der Waals surface area contributed by atoms with Crippen molar-refractivity contribution in [2.45, 2.75) is 13.0 Å². The van der Waals surface area contributed by atoms with Crippen LogP contribution in [0.2, 0.25) is 0 Å². The van der Waals surface area contributed by atoms with Gasteiger partial charge in [0.1, 0.15) is 17.8 Å². The summed E-state index contributed by atoms with van der Waals surface area (Å²) in [6.45, 7) is 4.92. The Morgan fingerprint density at radius 1 is 1.45 bits per heavy atom. The molecule has 22 heavy (non-hydrogen) atoms. The van der Waals surface area contributed by atoms with E-state index in [2.05, 4.69) is 32.8 Å². The number of nitriles is 1. The Hall–Kier alpha value is -2.65. The molecule has 0 spiro atoms. The zero-order valence-corrected chi connectivity index (χ0v) is 12.2. The van der Waals surface area contributed by atoms with Gasteiger partial charge in [0.15, 0.2) is 11.4 Å². The Morgan fingerprint density at radius 3 is 3.09 bits per heavy atom. The van der Waals surface area contributed by atoms with Gasteiger partial charge in [-0.3, -0.25) is 4.90 Å². The van der Waals surface area contributed by atoms with Crippen molar-refractivity contribution in [1.82, 2.24) is 19.9 Å². The largest absolute Gasteiger partial charge is 0.484 e. The fourth-order valence-electron chi connectivity index (χ4n) is 2.91.